The molecule has 1 fully saturated rings. The molecule has 1 aliphatic rings. The van der Waals surface area contributed by atoms with E-state index < -0.39 is 0 Å². The lowest BCUT2D eigenvalue weighted by Crippen LogP contribution is -2.28. The van der Waals surface area contributed by atoms with E-state index in [1.165, 1.54) is 6.42 Å². The maximum Gasteiger partial charge on any atom is 0.253 e. The molecule has 0 heterocycles. The molecule has 1 amide bonds. The molecule has 2 rings (SSSR count). The molecular weight excluding hydrogens is 266 g/mol. The molecule has 0 bridgehead atoms. The van der Waals surface area contributed by atoms with Crippen LogP contribution < -0.4 is 0 Å². The minimum absolute atomic E-state index is 0.117. The summed E-state index contributed by atoms with van der Waals surface area (Å²) < 4.78 is 1.00. The van der Waals surface area contributed by atoms with Crippen molar-refractivity contribution in [2.45, 2.75) is 13.3 Å². The molecule has 0 radical (unpaired) electrons. The fourth-order valence-corrected chi connectivity index (χ4v) is 2.17. The summed E-state index contributed by atoms with van der Waals surface area (Å²) >= 11 is 3.36. The number of hydrogen-bond donors (Lipinski definition) is 0. The van der Waals surface area contributed by atoms with Crippen LogP contribution >= 0.6 is 15.9 Å². The van der Waals surface area contributed by atoms with Gasteiger partial charge in [0.1, 0.15) is 0 Å². The number of nitrogens with zero attached hydrogens (tertiary/aromatic N) is 1. The SMILES string of the molecule is CC1CC1CN(C)C(=O)c1ccc(Br)cc1. The van der Waals surface area contributed by atoms with Gasteiger partial charge in [0.2, 0.25) is 0 Å². The first-order chi connectivity index (χ1) is 7.58. The Bertz CT molecular complexity index is 387. The number of rotatable bonds is 3. The molecule has 86 valence electrons. The third kappa shape index (κ3) is 2.64. The highest BCUT2D eigenvalue weighted by Gasteiger charge is 2.34. The van der Waals surface area contributed by atoms with E-state index in [0.29, 0.717) is 5.92 Å². The maximum absolute atomic E-state index is 12.0. The second-order valence-electron chi connectivity index (χ2n) is 4.67. The number of halogens is 1. The zero-order valence-electron chi connectivity index (χ0n) is 9.61. The van der Waals surface area contributed by atoms with Gasteiger partial charge >= 0.3 is 0 Å². The van der Waals surface area contributed by atoms with Crippen molar-refractivity contribution in [2.24, 2.45) is 11.8 Å². The Hall–Kier alpha value is -0.830. The number of carbonyl (C=O) groups excluding carboxylic acids is 1. The predicted octanol–water partition coefficient (Wildman–Crippen LogP) is 3.18. The number of hydrogen-bond acceptors (Lipinski definition) is 1. The highest BCUT2D eigenvalue weighted by Crippen LogP contribution is 2.38. The van der Waals surface area contributed by atoms with Crippen molar-refractivity contribution >= 4 is 21.8 Å². The van der Waals surface area contributed by atoms with Crippen LogP contribution in [-0.4, -0.2) is 24.4 Å². The van der Waals surface area contributed by atoms with Gasteiger partial charge < -0.3 is 4.90 Å². The molecule has 0 saturated heterocycles. The molecule has 2 unspecified atom stereocenters. The molecule has 2 atom stereocenters. The number of carbonyl (C=O) groups is 1. The van der Waals surface area contributed by atoms with Crippen LogP contribution in [0.4, 0.5) is 0 Å². The fraction of sp³-hybridized carbons (Fsp3) is 0.462. The van der Waals surface area contributed by atoms with E-state index >= 15 is 0 Å². The lowest BCUT2D eigenvalue weighted by molar-refractivity contribution is 0.0787. The van der Waals surface area contributed by atoms with Crippen LogP contribution in [0.2, 0.25) is 0 Å². The van der Waals surface area contributed by atoms with Gasteiger partial charge in [-0.25, -0.2) is 0 Å². The zero-order valence-corrected chi connectivity index (χ0v) is 11.2. The Kier molecular flexibility index (Phi) is 3.33. The van der Waals surface area contributed by atoms with Crippen molar-refractivity contribution in [1.29, 1.82) is 0 Å². The average molecular weight is 282 g/mol. The summed E-state index contributed by atoms with van der Waals surface area (Å²) in [5.41, 5.74) is 0.763. The summed E-state index contributed by atoms with van der Waals surface area (Å²) in [4.78, 5) is 13.9. The van der Waals surface area contributed by atoms with Crippen LogP contribution in [0.5, 0.6) is 0 Å². The summed E-state index contributed by atoms with van der Waals surface area (Å²) in [5, 5.41) is 0. The molecule has 1 aliphatic carbocycles. The molecule has 0 N–H and O–H groups in total. The van der Waals surface area contributed by atoms with Gasteiger partial charge in [-0.15, -0.1) is 0 Å². The van der Waals surface area contributed by atoms with Crippen molar-refractivity contribution in [2.75, 3.05) is 13.6 Å². The van der Waals surface area contributed by atoms with Crippen LogP contribution in [0.15, 0.2) is 28.7 Å². The van der Waals surface area contributed by atoms with E-state index in [1.807, 2.05) is 36.2 Å². The minimum Gasteiger partial charge on any atom is -0.341 e. The molecule has 1 aromatic carbocycles. The molecule has 1 aromatic rings. The summed E-state index contributed by atoms with van der Waals surface area (Å²) in [6.07, 6.45) is 1.26. The Morgan fingerprint density at radius 3 is 2.50 bits per heavy atom. The van der Waals surface area contributed by atoms with Crippen LogP contribution in [0.1, 0.15) is 23.7 Å². The van der Waals surface area contributed by atoms with Gasteiger partial charge in [0.05, 0.1) is 0 Å². The van der Waals surface area contributed by atoms with Crippen molar-refractivity contribution < 1.29 is 4.79 Å². The van der Waals surface area contributed by atoms with Gasteiger partial charge in [-0.1, -0.05) is 22.9 Å². The highest BCUT2D eigenvalue weighted by atomic mass is 79.9. The van der Waals surface area contributed by atoms with Crippen LogP contribution in [0, 0.1) is 11.8 Å². The second-order valence-corrected chi connectivity index (χ2v) is 5.58. The first-order valence-corrected chi connectivity index (χ1v) is 6.38. The zero-order chi connectivity index (χ0) is 11.7. The number of benzene rings is 1. The first kappa shape index (κ1) is 11.6. The summed E-state index contributed by atoms with van der Waals surface area (Å²) in [5.74, 6) is 1.62. The van der Waals surface area contributed by atoms with Crippen molar-refractivity contribution in [3.05, 3.63) is 34.3 Å². The fourth-order valence-electron chi connectivity index (χ4n) is 1.90. The molecular formula is C13H16BrNO. The standard InChI is InChI=1S/C13H16BrNO/c1-9-7-11(9)8-15(2)13(16)10-3-5-12(14)6-4-10/h3-6,9,11H,7-8H2,1-2H3. The molecule has 1 saturated carbocycles. The quantitative estimate of drug-likeness (QED) is 0.833. The third-order valence-electron chi connectivity index (χ3n) is 3.22. The van der Waals surface area contributed by atoms with E-state index in [2.05, 4.69) is 22.9 Å². The Morgan fingerprint density at radius 1 is 1.44 bits per heavy atom. The Morgan fingerprint density at radius 2 is 2.00 bits per heavy atom. The van der Waals surface area contributed by atoms with Gasteiger partial charge in [-0.3, -0.25) is 4.79 Å². The summed E-state index contributed by atoms with van der Waals surface area (Å²) in [6.45, 7) is 3.12. The van der Waals surface area contributed by atoms with Crippen molar-refractivity contribution in [3.63, 3.8) is 0 Å². The normalized spacial score (nSPS) is 22.9. The monoisotopic (exact) mass is 281 g/mol. The van der Waals surface area contributed by atoms with Crippen LogP contribution in [0.3, 0.4) is 0 Å². The molecule has 0 aliphatic heterocycles. The van der Waals surface area contributed by atoms with Gasteiger partial charge in [0, 0.05) is 23.6 Å². The van der Waals surface area contributed by atoms with Gasteiger partial charge in [-0.2, -0.15) is 0 Å². The van der Waals surface area contributed by atoms with E-state index in [0.717, 1.165) is 22.5 Å². The smallest absolute Gasteiger partial charge is 0.253 e. The lowest BCUT2D eigenvalue weighted by Gasteiger charge is -2.17. The molecule has 16 heavy (non-hydrogen) atoms. The van der Waals surface area contributed by atoms with Crippen LogP contribution in [-0.2, 0) is 0 Å². The number of amides is 1. The van der Waals surface area contributed by atoms with E-state index in [-0.39, 0.29) is 5.91 Å². The van der Waals surface area contributed by atoms with Gasteiger partial charge in [0.15, 0.2) is 0 Å². The largest absolute Gasteiger partial charge is 0.341 e. The van der Waals surface area contributed by atoms with Crippen molar-refractivity contribution in [3.8, 4) is 0 Å². The van der Waals surface area contributed by atoms with E-state index in [9.17, 15) is 4.79 Å². The maximum atomic E-state index is 12.0. The average Bonchev–Trinajstić information content (AvgIpc) is 2.94. The third-order valence-corrected chi connectivity index (χ3v) is 3.75. The minimum atomic E-state index is 0.117. The molecule has 0 aromatic heterocycles. The summed E-state index contributed by atoms with van der Waals surface area (Å²) in [7, 11) is 1.88. The van der Waals surface area contributed by atoms with E-state index in [1.54, 1.807) is 0 Å². The van der Waals surface area contributed by atoms with Gasteiger partial charge in [0.25, 0.3) is 5.91 Å². The molecule has 0 spiro atoms. The summed E-state index contributed by atoms with van der Waals surface area (Å²) in [6, 6.07) is 7.53. The molecule has 3 heteroatoms. The second kappa shape index (κ2) is 4.58. The topological polar surface area (TPSA) is 20.3 Å². The lowest BCUT2D eigenvalue weighted by atomic mass is 10.2. The van der Waals surface area contributed by atoms with Gasteiger partial charge in [-0.05, 0) is 42.5 Å². The Balaban J connectivity index is 1.98. The first-order valence-electron chi connectivity index (χ1n) is 5.59. The van der Waals surface area contributed by atoms with Crippen molar-refractivity contribution in [1.82, 2.24) is 4.90 Å². The molecule has 2 nitrogen and oxygen atoms in total. The highest BCUT2D eigenvalue weighted by molar-refractivity contribution is 9.10. The van der Waals surface area contributed by atoms with E-state index in [4.69, 9.17) is 0 Å². The van der Waals surface area contributed by atoms with Crippen LogP contribution in [0.25, 0.3) is 0 Å². The predicted molar refractivity (Wildman–Crippen MR) is 68.4 cm³/mol. The Labute approximate surface area is 105 Å².